The Bertz CT molecular complexity index is 600. The summed E-state index contributed by atoms with van der Waals surface area (Å²) in [7, 11) is 0. The molecule has 0 bridgehead atoms. The molecule has 2 atom stereocenters. The van der Waals surface area contributed by atoms with Gasteiger partial charge in [-0.2, -0.15) is 0 Å². The molecule has 130 valence electrons. The predicted octanol–water partition coefficient (Wildman–Crippen LogP) is 2.62. The lowest BCUT2D eigenvalue weighted by Gasteiger charge is -2.38. The van der Waals surface area contributed by atoms with Crippen LogP contribution in [0.1, 0.15) is 45.1 Å². The maximum Gasteiger partial charge on any atom is 0.229 e. The molecule has 0 aliphatic carbocycles. The largest absolute Gasteiger partial charge is 0.382 e. The van der Waals surface area contributed by atoms with Crippen LogP contribution >= 0.6 is 0 Å². The molecule has 2 aliphatic heterocycles. The molecule has 24 heavy (non-hydrogen) atoms. The van der Waals surface area contributed by atoms with Crippen LogP contribution in [0.4, 0.5) is 5.69 Å². The number of para-hydroxylation sites is 1. The van der Waals surface area contributed by atoms with Crippen molar-refractivity contribution in [2.75, 3.05) is 18.4 Å². The molecule has 2 aliphatic rings. The molecule has 0 aromatic heterocycles. The number of carbonyl (C=O) groups is 2. The van der Waals surface area contributed by atoms with Gasteiger partial charge >= 0.3 is 0 Å². The van der Waals surface area contributed by atoms with Crippen LogP contribution in [-0.4, -0.2) is 46.8 Å². The third kappa shape index (κ3) is 3.61. The second kappa shape index (κ2) is 7.34. The fraction of sp³-hybridized carbons (Fsp3) is 0.579. The number of nitrogens with zero attached hydrogens (tertiary/aromatic N) is 2. The van der Waals surface area contributed by atoms with Crippen molar-refractivity contribution in [3.05, 3.63) is 29.8 Å². The predicted molar refractivity (Wildman–Crippen MR) is 94.6 cm³/mol. The number of anilines is 1. The Hall–Kier alpha value is -1.88. The molecule has 2 heterocycles. The molecule has 2 unspecified atom stereocenters. The van der Waals surface area contributed by atoms with E-state index in [0.29, 0.717) is 31.5 Å². The average molecular weight is 329 g/mol. The van der Waals surface area contributed by atoms with E-state index in [-0.39, 0.29) is 11.8 Å². The molecule has 0 radical (unpaired) electrons. The average Bonchev–Trinajstić information content (AvgIpc) is 2.89. The number of likely N-dealkylation sites (tertiary alicyclic amines) is 2. The summed E-state index contributed by atoms with van der Waals surface area (Å²) in [6.07, 6.45) is 2.93. The number of hydrogen-bond acceptors (Lipinski definition) is 4. The van der Waals surface area contributed by atoms with Gasteiger partial charge in [0.1, 0.15) is 0 Å². The highest BCUT2D eigenvalue weighted by atomic mass is 16.2. The van der Waals surface area contributed by atoms with Gasteiger partial charge in [0.2, 0.25) is 11.8 Å². The molecule has 2 fully saturated rings. The van der Waals surface area contributed by atoms with Crippen LogP contribution in [0, 0.1) is 0 Å². The number of imide groups is 1. The van der Waals surface area contributed by atoms with Gasteiger partial charge in [-0.15, -0.1) is 0 Å². The standard InChI is InChI=1S/C19H27N3O2/c1-3-21-11-10-16(12-14(21)2)20-17-7-5-4-6-15(17)13-22-18(23)8-9-19(22)24/h4-7,14,16,20H,3,8-13H2,1-2H3. The van der Waals surface area contributed by atoms with Gasteiger partial charge < -0.3 is 10.2 Å². The normalized spacial score (nSPS) is 25.3. The molecular weight excluding hydrogens is 302 g/mol. The van der Waals surface area contributed by atoms with Crippen LogP contribution in [0.5, 0.6) is 0 Å². The molecule has 3 rings (SSSR count). The molecular formula is C19H27N3O2. The van der Waals surface area contributed by atoms with E-state index in [1.165, 1.54) is 4.90 Å². The van der Waals surface area contributed by atoms with Crippen molar-refractivity contribution >= 4 is 17.5 Å². The van der Waals surface area contributed by atoms with Crippen LogP contribution in [-0.2, 0) is 16.1 Å². The number of amides is 2. The van der Waals surface area contributed by atoms with Gasteiger partial charge in [-0.3, -0.25) is 14.5 Å². The quantitative estimate of drug-likeness (QED) is 0.844. The van der Waals surface area contributed by atoms with Crippen LogP contribution in [0.25, 0.3) is 0 Å². The summed E-state index contributed by atoms with van der Waals surface area (Å²) in [5.74, 6) is -0.112. The lowest BCUT2D eigenvalue weighted by molar-refractivity contribution is -0.139. The Morgan fingerprint density at radius 3 is 2.54 bits per heavy atom. The van der Waals surface area contributed by atoms with E-state index in [2.05, 4.69) is 30.1 Å². The van der Waals surface area contributed by atoms with Gasteiger partial charge in [-0.1, -0.05) is 25.1 Å². The van der Waals surface area contributed by atoms with Crippen molar-refractivity contribution in [3.63, 3.8) is 0 Å². The van der Waals surface area contributed by atoms with Crippen LogP contribution in [0.15, 0.2) is 24.3 Å². The van der Waals surface area contributed by atoms with Gasteiger partial charge in [0, 0.05) is 37.2 Å². The highest BCUT2D eigenvalue weighted by Crippen LogP contribution is 2.25. The van der Waals surface area contributed by atoms with Crippen molar-refractivity contribution in [1.82, 2.24) is 9.80 Å². The smallest absolute Gasteiger partial charge is 0.229 e. The second-order valence-electron chi connectivity index (χ2n) is 6.87. The lowest BCUT2D eigenvalue weighted by Crippen LogP contribution is -2.44. The lowest BCUT2D eigenvalue weighted by atomic mass is 9.97. The van der Waals surface area contributed by atoms with Crippen molar-refractivity contribution < 1.29 is 9.59 Å². The minimum atomic E-state index is -0.0559. The van der Waals surface area contributed by atoms with Crippen LogP contribution in [0.2, 0.25) is 0 Å². The van der Waals surface area contributed by atoms with E-state index in [1.807, 2.05) is 18.2 Å². The van der Waals surface area contributed by atoms with Crippen LogP contribution < -0.4 is 5.32 Å². The zero-order valence-electron chi connectivity index (χ0n) is 14.6. The highest BCUT2D eigenvalue weighted by Gasteiger charge is 2.30. The van der Waals surface area contributed by atoms with Gasteiger partial charge in [0.25, 0.3) is 0 Å². The van der Waals surface area contributed by atoms with Gasteiger partial charge in [0.05, 0.1) is 6.54 Å². The molecule has 5 nitrogen and oxygen atoms in total. The molecule has 2 amide bonds. The van der Waals surface area contributed by atoms with E-state index < -0.39 is 0 Å². The first-order valence-corrected chi connectivity index (χ1v) is 9.00. The number of piperidine rings is 1. The number of nitrogens with one attached hydrogen (secondary N) is 1. The fourth-order valence-electron chi connectivity index (χ4n) is 3.81. The van der Waals surface area contributed by atoms with Gasteiger partial charge in [0.15, 0.2) is 0 Å². The summed E-state index contributed by atoms with van der Waals surface area (Å²) in [5.41, 5.74) is 2.07. The first-order chi connectivity index (χ1) is 11.6. The van der Waals surface area contributed by atoms with Crippen molar-refractivity contribution in [1.29, 1.82) is 0 Å². The Morgan fingerprint density at radius 2 is 1.88 bits per heavy atom. The Labute approximate surface area is 144 Å². The summed E-state index contributed by atoms with van der Waals surface area (Å²) in [4.78, 5) is 27.7. The van der Waals surface area contributed by atoms with Gasteiger partial charge in [-0.25, -0.2) is 0 Å². The second-order valence-corrected chi connectivity index (χ2v) is 6.87. The van der Waals surface area contributed by atoms with Crippen LogP contribution in [0.3, 0.4) is 0 Å². The fourth-order valence-corrected chi connectivity index (χ4v) is 3.81. The van der Waals surface area contributed by atoms with Crippen molar-refractivity contribution in [2.45, 2.75) is 58.2 Å². The zero-order chi connectivity index (χ0) is 17.1. The molecule has 1 aromatic carbocycles. The summed E-state index contributed by atoms with van der Waals surface area (Å²) in [6, 6.07) is 9.05. The summed E-state index contributed by atoms with van der Waals surface area (Å²) in [6.45, 7) is 7.09. The number of carbonyl (C=O) groups excluding carboxylic acids is 2. The van der Waals surface area contributed by atoms with E-state index in [9.17, 15) is 9.59 Å². The molecule has 0 saturated carbocycles. The summed E-state index contributed by atoms with van der Waals surface area (Å²) in [5, 5.41) is 3.65. The third-order valence-electron chi connectivity index (χ3n) is 5.28. The molecule has 2 saturated heterocycles. The van der Waals surface area contributed by atoms with E-state index in [0.717, 1.165) is 37.2 Å². The van der Waals surface area contributed by atoms with Crippen molar-refractivity contribution in [3.8, 4) is 0 Å². The maximum absolute atomic E-state index is 11.9. The molecule has 5 heteroatoms. The van der Waals surface area contributed by atoms with E-state index in [4.69, 9.17) is 0 Å². The van der Waals surface area contributed by atoms with Gasteiger partial charge in [-0.05, 0) is 37.9 Å². The Balaban J connectivity index is 1.68. The zero-order valence-corrected chi connectivity index (χ0v) is 14.6. The summed E-state index contributed by atoms with van der Waals surface area (Å²) < 4.78 is 0. The Kier molecular flexibility index (Phi) is 5.19. The SMILES string of the molecule is CCN1CCC(Nc2ccccc2CN2C(=O)CCC2=O)CC1C. The minimum Gasteiger partial charge on any atom is -0.382 e. The Morgan fingerprint density at radius 1 is 1.17 bits per heavy atom. The number of benzene rings is 1. The topological polar surface area (TPSA) is 52.6 Å². The van der Waals surface area contributed by atoms with Crippen molar-refractivity contribution in [2.24, 2.45) is 0 Å². The first kappa shape index (κ1) is 17.0. The highest BCUT2D eigenvalue weighted by molar-refractivity contribution is 6.01. The first-order valence-electron chi connectivity index (χ1n) is 9.00. The van der Waals surface area contributed by atoms with E-state index in [1.54, 1.807) is 0 Å². The maximum atomic E-state index is 11.9. The number of hydrogen-bond donors (Lipinski definition) is 1. The molecule has 1 aromatic rings. The molecule has 0 spiro atoms. The summed E-state index contributed by atoms with van der Waals surface area (Å²) >= 11 is 0. The minimum absolute atomic E-state index is 0.0559. The number of rotatable bonds is 5. The van der Waals surface area contributed by atoms with E-state index >= 15 is 0 Å². The third-order valence-corrected chi connectivity index (χ3v) is 5.28. The monoisotopic (exact) mass is 329 g/mol. The molecule has 1 N–H and O–H groups in total.